The zero-order chi connectivity index (χ0) is 21.5. The lowest BCUT2D eigenvalue weighted by molar-refractivity contribution is 0.0697. The van der Waals surface area contributed by atoms with Gasteiger partial charge in [0.2, 0.25) is 0 Å². The van der Waals surface area contributed by atoms with Gasteiger partial charge in [0.1, 0.15) is 6.61 Å². The molecular weight excluding hydrogens is 425 g/mol. The van der Waals surface area contributed by atoms with Gasteiger partial charge in [0, 0.05) is 15.7 Å². The third-order valence-electron chi connectivity index (χ3n) is 5.31. The lowest BCUT2D eigenvalue weighted by Gasteiger charge is -2.27. The van der Waals surface area contributed by atoms with E-state index in [2.05, 4.69) is 5.32 Å². The summed E-state index contributed by atoms with van der Waals surface area (Å²) in [5.41, 5.74) is 3.94. The summed E-state index contributed by atoms with van der Waals surface area (Å²) < 4.78 is 5.55. The molecule has 4 rings (SSSR count). The van der Waals surface area contributed by atoms with Gasteiger partial charge in [-0.05, 0) is 77.7 Å². The summed E-state index contributed by atoms with van der Waals surface area (Å²) in [5.74, 6) is -1.03. The lowest BCUT2D eigenvalue weighted by atomic mass is 9.81. The molecule has 0 heterocycles. The third-order valence-corrected chi connectivity index (χ3v) is 5.78. The van der Waals surface area contributed by atoms with Crippen LogP contribution < -0.4 is 5.32 Å². The SMILES string of the molecule is CC1(COC(=O)Nc2ccc(C(=O)O)cc2)c2cc(Cl)ccc2-c2ccc(Cl)cc21. The molecule has 0 aliphatic heterocycles. The van der Waals surface area contributed by atoms with Gasteiger partial charge in [-0.25, -0.2) is 9.59 Å². The molecule has 152 valence electrons. The number of benzene rings is 3. The molecule has 0 radical (unpaired) electrons. The van der Waals surface area contributed by atoms with Gasteiger partial charge in [0.25, 0.3) is 0 Å². The quantitative estimate of drug-likeness (QED) is 0.503. The highest BCUT2D eigenvalue weighted by Gasteiger charge is 2.41. The van der Waals surface area contributed by atoms with Crippen molar-refractivity contribution in [3.63, 3.8) is 0 Å². The van der Waals surface area contributed by atoms with Crippen molar-refractivity contribution in [2.24, 2.45) is 0 Å². The Kier molecular flexibility index (Phi) is 5.18. The molecule has 0 aromatic heterocycles. The Hall–Kier alpha value is -3.02. The van der Waals surface area contributed by atoms with Crippen LogP contribution in [0.5, 0.6) is 0 Å². The highest BCUT2D eigenvalue weighted by atomic mass is 35.5. The third kappa shape index (κ3) is 3.62. The number of ether oxygens (including phenoxy) is 1. The fraction of sp³-hybridized carbons (Fsp3) is 0.130. The van der Waals surface area contributed by atoms with Gasteiger partial charge in [-0.15, -0.1) is 0 Å². The van der Waals surface area contributed by atoms with Crippen LogP contribution in [-0.4, -0.2) is 23.8 Å². The van der Waals surface area contributed by atoms with Crippen molar-refractivity contribution in [3.05, 3.63) is 87.4 Å². The van der Waals surface area contributed by atoms with Gasteiger partial charge in [-0.2, -0.15) is 0 Å². The summed E-state index contributed by atoms with van der Waals surface area (Å²) in [7, 11) is 0. The first kappa shape index (κ1) is 20.3. The molecule has 30 heavy (non-hydrogen) atoms. The van der Waals surface area contributed by atoms with Gasteiger partial charge in [-0.3, -0.25) is 5.32 Å². The first-order valence-electron chi connectivity index (χ1n) is 9.15. The Balaban J connectivity index is 1.56. The summed E-state index contributed by atoms with van der Waals surface area (Å²) in [4.78, 5) is 23.3. The smallest absolute Gasteiger partial charge is 0.411 e. The Morgan fingerprint density at radius 1 is 0.933 bits per heavy atom. The predicted octanol–water partition coefficient (Wildman–Crippen LogP) is 6.23. The van der Waals surface area contributed by atoms with Gasteiger partial charge in [0.15, 0.2) is 0 Å². The van der Waals surface area contributed by atoms with Crippen LogP contribution in [0.15, 0.2) is 60.7 Å². The van der Waals surface area contributed by atoms with E-state index in [-0.39, 0.29) is 12.2 Å². The van der Waals surface area contributed by atoms with Crippen LogP contribution in [0.25, 0.3) is 11.1 Å². The average Bonchev–Trinajstić information content (AvgIpc) is 2.95. The number of amides is 1. The maximum absolute atomic E-state index is 12.4. The zero-order valence-electron chi connectivity index (χ0n) is 15.9. The van der Waals surface area contributed by atoms with Crippen LogP contribution in [-0.2, 0) is 10.2 Å². The second-order valence-electron chi connectivity index (χ2n) is 7.30. The van der Waals surface area contributed by atoms with Crippen molar-refractivity contribution in [3.8, 4) is 11.1 Å². The molecule has 1 aliphatic rings. The van der Waals surface area contributed by atoms with Crippen LogP contribution in [0.3, 0.4) is 0 Å². The molecule has 0 unspecified atom stereocenters. The molecule has 1 aliphatic carbocycles. The molecular formula is C23H17Cl2NO4. The van der Waals surface area contributed by atoms with Crippen LogP contribution in [0, 0.1) is 0 Å². The summed E-state index contributed by atoms with van der Waals surface area (Å²) in [5, 5.41) is 12.8. The van der Waals surface area contributed by atoms with E-state index in [1.807, 2.05) is 43.3 Å². The number of carboxylic acid groups (broad SMARTS) is 1. The second-order valence-corrected chi connectivity index (χ2v) is 8.17. The summed E-state index contributed by atoms with van der Waals surface area (Å²) in [6, 6.07) is 17.2. The summed E-state index contributed by atoms with van der Waals surface area (Å²) >= 11 is 12.5. The van der Waals surface area contributed by atoms with E-state index >= 15 is 0 Å². The van der Waals surface area contributed by atoms with E-state index in [1.54, 1.807) is 0 Å². The van der Waals surface area contributed by atoms with Crippen molar-refractivity contribution < 1.29 is 19.4 Å². The topological polar surface area (TPSA) is 75.6 Å². The molecule has 5 nitrogen and oxygen atoms in total. The highest BCUT2D eigenvalue weighted by Crippen LogP contribution is 2.50. The Morgan fingerprint density at radius 3 is 1.97 bits per heavy atom. The number of carboxylic acids is 1. The van der Waals surface area contributed by atoms with Gasteiger partial charge < -0.3 is 9.84 Å². The van der Waals surface area contributed by atoms with E-state index in [9.17, 15) is 9.59 Å². The monoisotopic (exact) mass is 441 g/mol. The Bertz CT molecular complexity index is 1110. The minimum Gasteiger partial charge on any atom is -0.478 e. The number of nitrogens with one attached hydrogen (secondary N) is 1. The number of hydrogen-bond donors (Lipinski definition) is 2. The fourth-order valence-electron chi connectivity index (χ4n) is 3.78. The molecule has 0 saturated heterocycles. The molecule has 0 saturated carbocycles. The number of fused-ring (bicyclic) bond motifs is 3. The lowest BCUT2D eigenvalue weighted by Crippen LogP contribution is -2.30. The van der Waals surface area contributed by atoms with Crippen LogP contribution in [0.4, 0.5) is 10.5 Å². The van der Waals surface area contributed by atoms with E-state index in [0.29, 0.717) is 15.7 Å². The van der Waals surface area contributed by atoms with Crippen molar-refractivity contribution in [1.29, 1.82) is 0 Å². The van der Waals surface area contributed by atoms with Crippen molar-refractivity contribution in [1.82, 2.24) is 0 Å². The maximum atomic E-state index is 12.4. The molecule has 1 amide bonds. The number of halogens is 2. The van der Waals surface area contributed by atoms with E-state index in [0.717, 1.165) is 22.3 Å². The maximum Gasteiger partial charge on any atom is 0.411 e. The van der Waals surface area contributed by atoms with Crippen molar-refractivity contribution >= 4 is 41.0 Å². The number of carbonyl (C=O) groups is 2. The van der Waals surface area contributed by atoms with Crippen molar-refractivity contribution in [2.45, 2.75) is 12.3 Å². The minimum atomic E-state index is -1.03. The van der Waals surface area contributed by atoms with E-state index in [1.165, 1.54) is 24.3 Å². The molecule has 3 aromatic rings. The Morgan fingerprint density at radius 2 is 1.47 bits per heavy atom. The standard InChI is InChI=1S/C23H17Cl2NO4/c1-23(12-30-22(29)26-16-6-2-13(3-7-16)21(27)28)19-10-14(24)4-8-17(19)18-9-5-15(25)11-20(18)23/h2-11H,12H2,1H3,(H,26,29)(H,27,28). The normalized spacial score (nSPS) is 13.3. The molecule has 0 spiro atoms. The first-order chi connectivity index (χ1) is 14.3. The first-order valence-corrected chi connectivity index (χ1v) is 9.91. The highest BCUT2D eigenvalue weighted by molar-refractivity contribution is 6.31. The number of aromatic carboxylic acids is 1. The molecule has 0 bridgehead atoms. The zero-order valence-corrected chi connectivity index (χ0v) is 17.4. The molecule has 2 N–H and O–H groups in total. The molecule has 7 heteroatoms. The number of carbonyl (C=O) groups excluding carboxylic acids is 1. The molecule has 3 aromatic carbocycles. The van der Waals surface area contributed by atoms with Gasteiger partial charge >= 0.3 is 12.1 Å². The summed E-state index contributed by atoms with van der Waals surface area (Å²) in [6.07, 6.45) is -0.640. The van der Waals surface area contributed by atoms with Crippen LogP contribution >= 0.6 is 23.2 Å². The Labute approximate surface area is 183 Å². The molecule has 0 fully saturated rings. The van der Waals surface area contributed by atoms with Crippen LogP contribution in [0.1, 0.15) is 28.4 Å². The van der Waals surface area contributed by atoms with Gasteiger partial charge in [-0.1, -0.05) is 35.3 Å². The van der Waals surface area contributed by atoms with Crippen LogP contribution in [0.2, 0.25) is 10.0 Å². The largest absolute Gasteiger partial charge is 0.478 e. The predicted molar refractivity (Wildman–Crippen MR) is 117 cm³/mol. The second kappa shape index (κ2) is 7.67. The summed E-state index contributed by atoms with van der Waals surface area (Å²) in [6.45, 7) is 2.06. The van der Waals surface area contributed by atoms with Crippen molar-refractivity contribution in [2.75, 3.05) is 11.9 Å². The van der Waals surface area contributed by atoms with Gasteiger partial charge in [0.05, 0.1) is 11.0 Å². The average molecular weight is 442 g/mol. The minimum absolute atomic E-state index is 0.0761. The van der Waals surface area contributed by atoms with E-state index < -0.39 is 17.5 Å². The van der Waals surface area contributed by atoms with E-state index in [4.69, 9.17) is 33.0 Å². The molecule has 0 atom stereocenters. The number of rotatable bonds is 4. The fourth-order valence-corrected chi connectivity index (χ4v) is 4.12. The number of hydrogen-bond acceptors (Lipinski definition) is 3. The number of anilines is 1.